The Labute approximate surface area is 210 Å². The van der Waals surface area contributed by atoms with Crippen LogP contribution in [-0.2, 0) is 13.0 Å². The van der Waals surface area contributed by atoms with Crippen molar-refractivity contribution in [2.24, 2.45) is 0 Å². The monoisotopic (exact) mass is 477 g/mol. The Balaban J connectivity index is 1.31. The number of benzene rings is 3. The van der Waals surface area contributed by atoms with Gasteiger partial charge in [0.25, 0.3) is 5.91 Å². The molecule has 2 heterocycles. The van der Waals surface area contributed by atoms with Crippen LogP contribution in [-0.4, -0.2) is 39.1 Å². The molecule has 0 bridgehead atoms. The molecule has 0 unspecified atom stereocenters. The molecule has 180 valence electrons. The van der Waals surface area contributed by atoms with Crippen molar-refractivity contribution in [3.63, 3.8) is 0 Å². The van der Waals surface area contributed by atoms with E-state index in [1.807, 2.05) is 113 Å². The smallest absolute Gasteiger partial charge is 0.255 e. The Morgan fingerprint density at radius 1 is 0.889 bits per heavy atom. The van der Waals surface area contributed by atoms with Gasteiger partial charge in [0.1, 0.15) is 11.4 Å². The van der Waals surface area contributed by atoms with Gasteiger partial charge >= 0.3 is 0 Å². The highest BCUT2D eigenvalue weighted by Gasteiger charge is 2.18. The summed E-state index contributed by atoms with van der Waals surface area (Å²) in [5.41, 5.74) is 5.05. The Hall–Kier alpha value is -4.65. The molecule has 0 saturated heterocycles. The van der Waals surface area contributed by atoms with Crippen molar-refractivity contribution < 1.29 is 9.53 Å². The third kappa shape index (κ3) is 5.36. The van der Waals surface area contributed by atoms with E-state index in [9.17, 15) is 4.79 Å². The summed E-state index contributed by atoms with van der Waals surface area (Å²) in [5.74, 6) is 0.589. The second-order valence-electron chi connectivity index (χ2n) is 8.40. The summed E-state index contributed by atoms with van der Waals surface area (Å²) < 4.78 is 8.93. The van der Waals surface area contributed by atoms with Crippen LogP contribution in [0.25, 0.3) is 16.9 Å². The van der Waals surface area contributed by atoms with E-state index < -0.39 is 0 Å². The van der Waals surface area contributed by atoms with Gasteiger partial charge in [-0.15, -0.1) is 0 Å². The lowest BCUT2D eigenvalue weighted by Gasteiger charge is -2.06. The number of amides is 1. The summed E-state index contributed by atoms with van der Waals surface area (Å²) in [6.07, 6.45) is 4.37. The molecule has 3 aromatic carbocycles. The molecule has 0 spiro atoms. The van der Waals surface area contributed by atoms with Crippen LogP contribution in [0.15, 0.2) is 103 Å². The van der Waals surface area contributed by atoms with Gasteiger partial charge in [-0.1, -0.05) is 48.5 Å². The third-order valence-corrected chi connectivity index (χ3v) is 5.89. The predicted octanol–water partition coefficient (Wildman–Crippen LogP) is 4.77. The van der Waals surface area contributed by atoms with Crippen LogP contribution in [0.1, 0.15) is 21.6 Å². The number of carbonyl (C=O) groups is 1. The summed E-state index contributed by atoms with van der Waals surface area (Å²) in [6.45, 7) is 1.05. The van der Waals surface area contributed by atoms with Gasteiger partial charge in [0, 0.05) is 30.9 Å². The summed E-state index contributed by atoms with van der Waals surface area (Å²) in [4.78, 5) is 13.2. The van der Waals surface area contributed by atoms with E-state index in [2.05, 4.69) is 10.4 Å². The first-order chi connectivity index (χ1) is 17.7. The highest BCUT2D eigenvalue weighted by molar-refractivity contribution is 5.99. The van der Waals surface area contributed by atoms with Crippen molar-refractivity contribution >= 4 is 5.91 Å². The van der Waals surface area contributed by atoms with Gasteiger partial charge in [0.2, 0.25) is 0 Å². The van der Waals surface area contributed by atoms with Crippen molar-refractivity contribution in [3.8, 4) is 22.7 Å². The minimum Gasteiger partial charge on any atom is -0.497 e. The number of para-hydroxylation sites is 1. The molecule has 0 aliphatic carbocycles. The van der Waals surface area contributed by atoms with Gasteiger partial charge in [-0.25, -0.2) is 4.68 Å². The standard InChI is InChI=1S/C29H27N5O2/c1-36-26-14-12-23(13-15-26)28-27(21-33(32-28)20-22-8-4-2-5-9-22)29(35)30-18-16-24-17-19-34(31-24)25-10-6-3-7-11-25/h2-15,17,19,21H,16,18,20H2,1H3,(H,30,35). The van der Waals surface area contributed by atoms with E-state index >= 15 is 0 Å². The Morgan fingerprint density at radius 3 is 2.33 bits per heavy atom. The average molecular weight is 478 g/mol. The number of hydrogen-bond donors (Lipinski definition) is 1. The lowest BCUT2D eigenvalue weighted by atomic mass is 10.1. The molecular formula is C29H27N5O2. The minimum absolute atomic E-state index is 0.164. The first-order valence-corrected chi connectivity index (χ1v) is 11.8. The van der Waals surface area contributed by atoms with Crippen LogP contribution in [0, 0.1) is 0 Å². The number of aromatic nitrogens is 4. The summed E-state index contributed by atoms with van der Waals surface area (Å²) >= 11 is 0. The van der Waals surface area contributed by atoms with Crippen LogP contribution in [0.3, 0.4) is 0 Å². The molecule has 0 fully saturated rings. The average Bonchev–Trinajstić information content (AvgIpc) is 3.57. The van der Waals surface area contributed by atoms with E-state index in [1.165, 1.54) is 0 Å². The molecule has 5 rings (SSSR count). The van der Waals surface area contributed by atoms with E-state index in [4.69, 9.17) is 9.84 Å². The summed E-state index contributed by atoms with van der Waals surface area (Å²) in [5, 5.41) is 12.4. The zero-order valence-corrected chi connectivity index (χ0v) is 20.0. The number of hydrogen-bond acceptors (Lipinski definition) is 4. The van der Waals surface area contributed by atoms with Crippen LogP contribution >= 0.6 is 0 Å². The van der Waals surface area contributed by atoms with Crippen molar-refractivity contribution in [1.29, 1.82) is 0 Å². The summed E-state index contributed by atoms with van der Waals surface area (Å²) in [7, 11) is 1.63. The summed E-state index contributed by atoms with van der Waals surface area (Å²) in [6, 6.07) is 29.6. The van der Waals surface area contributed by atoms with Gasteiger partial charge in [0.15, 0.2) is 0 Å². The molecule has 7 nitrogen and oxygen atoms in total. The quantitative estimate of drug-likeness (QED) is 0.332. The second kappa shape index (κ2) is 10.7. The van der Waals surface area contributed by atoms with Crippen LogP contribution < -0.4 is 10.1 Å². The number of methoxy groups -OCH3 is 1. The number of ether oxygens (including phenoxy) is 1. The molecule has 36 heavy (non-hydrogen) atoms. The molecule has 0 radical (unpaired) electrons. The van der Waals surface area contributed by atoms with Crippen LogP contribution in [0.4, 0.5) is 0 Å². The molecule has 5 aromatic rings. The molecular weight excluding hydrogens is 450 g/mol. The number of rotatable bonds is 9. The molecule has 7 heteroatoms. The molecule has 1 amide bonds. The van der Waals surface area contributed by atoms with Gasteiger partial charge in [-0.2, -0.15) is 10.2 Å². The van der Waals surface area contributed by atoms with E-state index in [0.29, 0.717) is 30.8 Å². The fourth-order valence-corrected chi connectivity index (χ4v) is 4.02. The first-order valence-electron chi connectivity index (χ1n) is 11.8. The number of carbonyl (C=O) groups excluding carboxylic acids is 1. The van der Waals surface area contributed by atoms with Gasteiger partial charge in [-0.05, 0) is 48.0 Å². The Morgan fingerprint density at radius 2 is 1.61 bits per heavy atom. The first kappa shape index (κ1) is 23.1. The topological polar surface area (TPSA) is 74.0 Å². The molecule has 0 saturated carbocycles. The fourth-order valence-electron chi connectivity index (χ4n) is 4.02. The van der Waals surface area contributed by atoms with Crippen molar-refractivity contribution in [2.75, 3.05) is 13.7 Å². The van der Waals surface area contributed by atoms with E-state index in [1.54, 1.807) is 7.11 Å². The molecule has 0 aliphatic rings. The second-order valence-corrected chi connectivity index (χ2v) is 8.40. The lowest BCUT2D eigenvalue weighted by Crippen LogP contribution is -2.26. The predicted molar refractivity (Wildman–Crippen MR) is 139 cm³/mol. The van der Waals surface area contributed by atoms with Crippen molar-refractivity contribution in [3.05, 3.63) is 120 Å². The Kier molecular flexibility index (Phi) is 6.89. The number of nitrogens with one attached hydrogen (secondary N) is 1. The van der Waals surface area contributed by atoms with Gasteiger partial charge < -0.3 is 10.1 Å². The normalized spacial score (nSPS) is 10.8. The van der Waals surface area contributed by atoms with Crippen LogP contribution in [0.2, 0.25) is 0 Å². The zero-order valence-electron chi connectivity index (χ0n) is 20.0. The lowest BCUT2D eigenvalue weighted by molar-refractivity contribution is 0.0954. The van der Waals surface area contributed by atoms with E-state index in [-0.39, 0.29) is 5.91 Å². The molecule has 1 N–H and O–H groups in total. The maximum atomic E-state index is 13.2. The highest BCUT2D eigenvalue weighted by Crippen LogP contribution is 2.25. The van der Waals surface area contributed by atoms with Gasteiger partial charge in [-0.3, -0.25) is 9.48 Å². The zero-order chi connectivity index (χ0) is 24.7. The van der Waals surface area contributed by atoms with E-state index in [0.717, 1.165) is 28.3 Å². The van der Waals surface area contributed by atoms with Crippen molar-refractivity contribution in [1.82, 2.24) is 24.9 Å². The largest absolute Gasteiger partial charge is 0.497 e. The molecule has 0 aliphatic heterocycles. The maximum Gasteiger partial charge on any atom is 0.255 e. The Bertz CT molecular complexity index is 1420. The minimum atomic E-state index is -0.164. The van der Waals surface area contributed by atoms with Gasteiger partial charge in [0.05, 0.1) is 30.6 Å². The SMILES string of the molecule is COc1ccc(-c2nn(Cc3ccccc3)cc2C(=O)NCCc2ccn(-c3ccccc3)n2)cc1. The third-order valence-electron chi connectivity index (χ3n) is 5.89. The fraction of sp³-hybridized carbons (Fsp3) is 0.138. The molecule has 0 atom stereocenters. The van der Waals surface area contributed by atoms with Crippen molar-refractivity contribution in [2.45, 2.75) is 13.0 Å². The highest BCUT2D eigenvalue weighted by atomic mass is 16.5. The number of nitrogens with zero attached hydrogens (tertiary/aromatic N) is 4. The van der Waals surface area contributed by atoms with Crippen LogP contribution in [0.5, 0.6) is 5.75 Å². The molecule has 2 aromatic heterocycles. The maximum absolute atomic E-state index is 13.2.